The summed E-state index contributed by atoms with van der Waals surface area (Å²) >= 11 is 0. The molecule has 108 valence electrons. The number of hydrogen-bond acceptors (Lipinski definition) is 3. The molecule has 0 aliphatic rings. The average Bonchev–Trinajstić information content (AvgIpc) is 2.44. The molecule has 5 heteroatoms. The fraction of sp³-hybridized carbons (Fsp3) is 0.400. The zero-order valence-electron chi connectivity index (χ0n) is 11.7. The van der Waals surface area contributed by atoms with Crippen LogP contribution in [0.1, 0.15) is 25.3 Å². The van der Waals surface area contributed by atoms with Gasteiger partial charge in [0.05, 0.1) is 6.42 Å². The van der Waals surface area contributed by atoms with Gasteiger partial charge in [-0.1, -0.05) is 37.3 Å². The maximum Gasteiger partial charge on any atom is 0.372 e. The summed E-state index contributed by atoms with van der Waals surface area (Å²) in [6, 6.07) is 9.68. The second-order valence-corrected chi connectivity index (χ2v) is 4.66. The number of Topliss-reactive ketones (excluding diaryl/α,β-unsaturated/α-hetero) is 1. The molecule has 20 heavy (non-hydrogen) atoms. The van der Waals surface area contributed by atoms with E-state index >= 15 is 0 Å². The third-order valence-electron chi connectivity index (χ3n) is 3.28. The van der Waals surface area contributed by atoms with E-state index in [0.717, 1.165) is 12.0 Å². The molecule has 5 nitrogen and oxygen atoms in total. The van der Waals surface area contributed by atoms with Crippen molar-refractivity contribution in [2.45, 2.75) is 32.2 Å². The number of nitrogens with zero attached hydrogens (tertiary/aromatic N) is 1. The number of benzene rings is 1. The van der Waals surface area contributed by atoms with Crippen LogP contribution in [0.5, 0.6) is 0 Å². The Bertz CT molecular complexity index is 484. The van der Waals surface area contributed by atoms with Gasteiger partial charge in [-0.3, -0.25) is 9.59 Å². The summed E-state index contributed by atoms with van der Waals surface area (Å²) in [5, 5.41) is 8.52. The second kappa shape index (κ2) is 7.43. The first-order valence-corrected chi connectivity index (χ1v) is 6.51. The Labute approximate surface area is 118 Å². The van der Waals surface area contributed by atoms with Crippen LogP contribution in [-0.4, -0.2) is 40.8 Å². The number of likely N-dealkylation sites (N-methyl/N-ethyl adjacent to an activating group) is 1. The minimum atomic E-state index is -1.57. The van der Waals surface area contributed by atoms with Crippen LogP contribution < -0.4 is 0 Å². The number of carboxylic acid groups (broad SMARTS) is 1. The van der Waals surface area contributed by atoms with Crippen LogP contribution in [0.15, 0.2) is 30.3 Å². The fourth-order valence-corrected chi connectivity index (χ4v) is 1.98. The normalized spacial score (nSPS) is 11.7. The van der Waals surface area contributed by atoms with Gasteiger partial charge in [0.1, 0.15) is 0 Å². The zero-order chi connectivity index (χ0) is 15.1. The molecule has 0 heterocycles. The molecule has 0 aliphatic heterocycles. The van der Waals surface area contributed by atoms with Crippen molar-refractivity contribution in [1.82, 2.24) is 4.90 Å². The minimum Gasteiger partial charge on any atom is -0.475 e. The van der Waals surface area contributed by atoms with Crippen molar-refractivity contribution in [2.24, 2.45) is 0 Å². The van der Waals surface area contributed by atoms with Gasteiger partial charge in [-0.05, 0) is 18.4 Å². The van der Waals surface area contributed by atoms with Gasteiger partial charge >= 0.3 is 5.97 Å². The summed E-state index contributed by atoms with van der Waals surface area (Å²) in [5.41, 5.74) is 1.10. The summed E-state index contributed by atoms with van der Waals surface area (Å²) < 4.78 is 0. The lowest BCUT2D eigenvalue weighted by Gasteiger charge is -2.27. The van der Waals surface area contributed by atoms with E-state index in [-0.39, 0.29) is 6.04 Å². The standard InChI is InChI=1S/C15H19NO4/c1-3-12(9-11-7-5-4-6-8-11)16(2)14(18)10-13(17)15(19)20/h4-8,12H,3,9-10H2,1-2H3,(H,19,20). The molecule has 1 rings (SSSR count). The van der Waals surface area contributed by atoms with Crippen LogP contribution in [0.4, 0.5) is 0 Å². The minimum absolute atomic E-state index is 0.0495. The summed E-state index contributed by atoms with van der Waals surface area (Å²) in [5.74, 6) is -3.10. The van der Waals surface area contributed by atoms with E-state index in [1.807, 2.05) is 37.3 Å². The smallest absolute Gasteiger partial charge is 0.372 e. The van der Waals surface area contributed by atoms with E-state index in [4.69, 9.17) is 5.11 Å². The predicted molar refractivity (Wildman–Crippen MR) is 74.3 cm³/mol. The second-order valence-electron chi connectivity index (χ2n) is 4.66. The monoisotopic (exact) mass is 277 g/mol. The molecule has 1 N–H and O–H groups in total. The van der Waals surface area contributed by atoms with Gasteiger partial charge in [-0.25, -0.2) is 4.79 Å². The highest BCUT2D eigenvalue weighted by Gasteiger charge is 2.23. The summed E-state index contributed by atoms with van der Waals surface area (Å²) in [6.07, 6.45) is 0.830. The summed E-state index contributed by atoms with van der Waals surface area (Å²) in [4.78, 5) is 34.9. The lowest BCUT2D eigenvalue weighted by Crippen LogP contribution is -2.39. The number of carbonyl (C=O) groups is 3. The molecule has 0 bridgehead atoms. The molecular formula is C15H19NO4. The number of ketones is 1. The number of carboxylic acids is 1. The molecule has 0 aliphatic carbocycles. The maximum absolute atomic E-state index is 11.9. The molecule has 0 saturated heterocycles. The van der Waals surface area contributed by atoms with Crippen LogP contribution in [0.25, 0.3) is 0 Å². The molecule has 1 atom stereocenters. The number of hydrogen-bond donors (Lipinski definition) is 1. The highest BCUT2D eigenvalue weighted by molar-refractivity contribution is 6.36. The van der Waals surface area contributed by atoms with Gasteiger partial charge in [0.15, 0.2) is 0 Å². The molecule has 1 aromatic carbocycles. The Morgan fingerprint density at radius 1 is 1.20 bits per heavy atom. The van der Waals surface area contributed by atoms with Gasteiger partial charge in [-0.2, -0.15) is 0 Å². The van der Waals surface area contributed by atoms with Crippen LogP contribution in [0, 0.1) is 0 Å². The van der Waals surface area contributed by atoms with E-state index in [0.29, 0.717) is 6.42 Å². The van der Waals surface area contributed by atoms with Crippen molar-refractivity contribution >= 4 is 17.7 Å². The molecule has 1 aromatic rings. The van der Waals surface area contributed by atoms with Crippen molar-refractivity contribution in [1.29, 1.82) is 0 Å². The van der Waals surface area contributed by atoms with E-state index in [2.05, 4.69) is 0 Å². The largest absolute Gasteiger partial charge is 0.475 e. The number of amides is 1. The van der Waals surface area contributed by atoms with Gasteiger partial charge in [0.2, 0.25) is 11.7 Å². The van der Waals surface area contributed by atoms with Crippen molar-refractivity contribution in [3.05, 3.63) is 35.9 Å². The van der Waals surface area contributed by atoms with Gasteiger partial charge in [-0.15, -0.1) is 0 Å². The third-order valence-corrected chi connectivity index (χ3v) is 3.28. The van der Waals surface area contributed by atoms with Crippen molar-refractivity contribution < 1.29 is 19.5 Å². The quantitative estimate of drug-likeness (QED) is 0.605. The van der Waals surface area contributed by atoms with E-state index in [9.17, 15) is 14.4 Å². The van der Waals surface area contributed by atoms with E-state index < -0.39 is 24.1 Å². The Kier molecular flexibility index (Phi) is 5.90. The van der Waals surface area contributed by atoms with Crippen molar-refractivity contribution in [3.63, 3.8) is 0 Å². The zero-order valence-corrected chi connectivity index (χ0v) is 11.7. The Balaban J connectivity index is 2.67. The van der Waals surface area contributed by atoms with E-state index in [1.165, 1.54) is 4.90 Å². The Morgan fingerprint density at radius 3 is 2.30 bits per heavy atom. The SMILES string of the molecule is CCC(Cc1ccccc1)N(C)C(=O)CC(=O)C(=O)O. The number of carbonyl (C=O) groups excluding carboxylic acids is 2. The first-order valence-electron chi connectivity index (χ1n) is 6.51. The molecule has 0 radical (unpaired) electrons. The van der Waals surface area contributed by atoms with Gasteiger partial charge in [0.25, 0.3) is 0 Å². The average molecular weight is 277 g/mol. The third kappa shape index (κ3) is 4.50. The summed E-state index contributed by atoms with van der Waals surface area (Å²) in [7, 11) is 1.61. The highest BCUT2D eigenvalue weighted by Crippen LogP contribution is 2.12. The van der Waals surface area contributed by atoms with Gasteiger partial charge < -0.3 is 10.0 Å². The molecule has 0 fully saturated rings. The van der Waals surface area contributed by atoms with Crippen LogP contribution in [-0.2, 0) is 20.8 Å². The van der Waals surface area contributed by atoms with Crippen molar-refractivity contribution in [2.75, 3.05) is 7.05 Å². The number of aliphatic carboxylic acids is 1. The molecule has 0 saturated carbocycles. The maximum atomic E-state index is 11.9. The van der Waals surface area contributed by atoms with Crippen LogP contribution in [0.2, 0.25) is 0 Å². The molecule has 0 spiro atoms. The summed E-state index contributed by atoms with van der Waals surface area (Å²) in [6.45, 7) is 1.95. The van der Waals surface area contributed by atoms with Crippen LogP contribution in [0.3, 0.4) is 0 Å². The van der Waals surface area contributed by atoms with Crippen LogP contribution >= 0.6 is 0 Å². The number of rotatable bonds is 7. The lowest BCUT2D eigenvalue weighted by molar-refractivity contribution is -0.151. The molecule has 1 amide bonds. The topological polar surface area (TPSA) is 74.7 Å². The van der Waals surface area contributed by atoms with Gasteiger partial charge in [0, 0.05) is 13.1 Å². The van der Waals surface area contributed by atoms with E-state index in [1.54, 1.807) is 7.05 Å². The first-order chi connectivity index (χ1) is 9.45. The van der Waals surface area contributed by atoms with Crippen molar-refractivity contribution in [3.8, 4) is 0 Å². The molecule has 0 aromatic heterocycles. The fourth-order valence-electron chi connectivity index (χ4n) is 1.98. The first kappa shape index (κ1) is 15.9. The highest BCUT2D eigenvalue weighted by atomic mass is 16.4. The molecular weight excluding hydrogens is 258 g/mol. The molecule has 1 unspecified atom stereocenters. The Hall–Kier alpha value is -2.17. The predicted octanol–water partition coefficient (Wildman–Crippen LogP) is 1.51. The Morgan fingerprint density at radius 2 is 1.80 bits per heavy atom. The lowest BCUT2D eigenvalue weighted by atomic mass is 10.0.